The predicted molar refractivity (Wildman–Crippen MR) is 84.6 cm³/mol. The van der Waals surface area contributed by atoms with Crippen LogP contribution in [0.15, 0.2) is 23.0 Å². The number of aryl methyl sites for hydroxylation is 1. The molecule has 0 aromatic carbocycles. The Balaban J connectivity index is 1.72. The Morgan fingerprint density at radius 1 is 1.48 bits per heavy atom. The van der Waals surface area contributed by atoms with Crippen molar-refractivity contribution in [3.05, 3.63) is 40.1 Å². The van der Waals surface area contributed by atoms with E-state index in [4.69, 9.17) is 4.74 Å². The molecule has 0 bridgehead atoms. The van der Waals surface area contributed by atoms with E-state index in [0.29, 0.717) is 0 Å². The molecule has 5 nitrogen and oxygen atoms in total. The van der Waals surface area contributed by atoms with Gasteiger partial charge < -0.3 is 10.1 Å². The molecule has 2 aromatic rings. The first-order valence-electron chi connectivity index (χ1n) is 7.12. The Morgan fingerprint density at radius 2 is 2.38 bits per heavy atom. The van der Waals surface area contributed by atoms with Crippen LogP contribution in [-0.2, 0) is 11.3 Å². The third-order valence-corrected chi connectivity index (χ3v) is 4.25. The SMILES string of the molecule is CNc1cc(C)nc([C@H]2CN(Cc3cscn3)CCO2)c1. The second-order valence-corrected chi connectivity index (χ2v) is 5.97. The van der Waals surface area contributed by atoms with E-state index in [9.17, 15) is 0 Å². The van der Waals surface area contributed by atoms with Crippen LogP contribution in [0.4, 0.5) is 5.69 Å². The summed E-state index contributed by atoms with van der Waals surface area (Å²) in [4.78, 5) is 11.4. The van der Waals surface area contributed by atoms with E-state index in [1.165, 1.54) is 0 Å². The summed E-state index contributed by atoms with van der Waals surface area (Å²) in [6, 6.07) is 4.11. The molecule has 2 aromatic heterocycles. The van der Waals surface area contributed by atoms with E-state index in [1.807, 2.05) is 25.5 Å². The maximum absolute atomic E-state index is 5.92. The van der Waals surface area contributed by atoms with Gasteiger partial charge in [0.2, 0.25) is 0 Å². The lowest BCUT2D eigenvalue weighted by molar-refractivity contribution is -0.0353. The lowest BCUT2D eigenvalue weighted by Gasteiger charge is -2.32. The molecule has 1 saturated heterocycles. The third-order valence-electron chi connectivity index (χ3n) is 3.61. The number of morpholine rings is 1. The molecule has 6 heteroatoms. The van der Waals surface area contributed by atoms with Gasteiger partial charge in [0.1, 0.15) is 6.10 Å². The van der Waals surface area contributed by atoms with E-state index in [1.54, 1.807) is 11.3 Å². The third kappa shape index (κ3) is 3.58. The van der Waals surface area contributed by atoms with Gasteiger partial charge in [-0.25, -0.2) is 4.98 Å². The minimum absolute atomic E-state index is 0.0318. The van der Waals surface area contributed by atoms with Crippen molar-refractivity contribution in [3.8, 4) is 0 Å². The first-order valence-corrected chi connectivity index (χ1v) is 8.06. The molecule has 1 aliphatic rings. The molecular weight excluding hydrogens is 284 g/mol. The van der Waals surface area contributed by atoms with E-state index < -0.39 is 0 Å². The summed E-state index contributed by atoms with van der Waals surface area (Å²) in [5.74, 6) is 0. The number of nitrogens with one attached hydrogen (secondary N) is 1. The Bertz CT molecular complexity index is 587. The zero-order valence-corrected chi connectivity index (χ0v) is 13.2. The summed E-state index contributed by atoms with van der Waals surface area (Å²) in [7, 11) is 1.93. The van der Waals surface area contributed by atoms with E-state index in [0.717, 1.165) is 49.0 Å². The molecule has 21 heavy (non-hydrogen) atoms. The van der Waals surface area contributed by atoms with Crippen LogP contribution >= 0.6 is 11.3 Å². The van der Waals surface area contributed by atoms with Gasteiger partial charge in [-0.3, -0.25) is 9.88 Å². The monoisotopic (exact) mass is 304 g/mol. The number of pyridine rings is 1. The van der Waals surface area contributed by atoms with Gasteiger partial charge in [0.15, 0.2) is 0 Å². The predicted octanol–water partition coefficient (Wildman–Crippen LogP) is 2.46. The number of hydrogen-bond acceptors (Lipinski definition) is 6. The molecule has 112 valence electrons. The molecule has 3 rings (SSSR count). The van der Waals surface area contributed by atoms with Crippen LogP contribution in [0.25, 0.3) is 0 Å². The molecular formula is C15H20N4OS. The van der Waals surface area contributed by atoms with Crippen molar-refractivity contribution < 1.29 is 4.74 Å². The van der Waals surface area contributed by atoms with Crippen molar-refractivity contribution in [1.29, 1.82) is 0 Å². The van der Waals surface area contributed by atoms with Gasteiger partial charge in [-0.15, -0.1) is 11.3 Å². The second kappa shape index (κ2) is 6.51. The van der Waals surface area contributed by atoms with Crippen LogP contribution in [0.1, 0.15) is 23.2 Å². The van der Waals surface area contributed by atoms with Gasteiger partial charge in [-0.1, -0.05) is 0 Å². The minimum atomic E-state index is 0.0318. The van der Waals surface area contributed by atoms with Crippen LogP contribution in [0, 0.1) is 6.92 Å². The second-order valence-electron chi connectivity index (χ2n) is 5.25. The number of thiazole rings is 1. The molecule has 1 fully saturated rings. The molecule has 0 saturated carbocycles. The van der Waals surface area contributed by atoms with E-state index >= 15 is 0 Å². The van der Waals surface area contributed by atoms with E-state index in [2.05, 4.69) is 31.6 Å². The van der Waals surface area contributed by atoms with Crippen LogP contribution in [0.3, 0.4) is 0 Å². The topological polar surface area (TPSA) is 50.3 Å². The highest BCUT2D eigenvalue weighted by Gasteiger charge is 2.24. The Labute approximate surface area is 129 Å². The summed E-state index contributed by atoms with van der Waals surface area (Å²) in [5, 5.41) is 5.28. The van der Waals surface area contributed by atoms with Gasteiger partial charge in [-0.2, -0.15) is 0 Å². The first-order chi connectivity index (χ1) is 10.2. The number of hydrogen-bond donors (Lipinski definition) is 1. The summed E-state index contributed by atoms with van der Waals surface area (Å²) in [6.45, 7) is 5.43. The van der Waals surface area contributed by atoms with Crippen molar-refractivity contribution >= 4 is 17.0 Å². The van der Waals surface area contributed by atoms with Crippen LogP contribution < -0.4 is 5.32 Å². The summed E-state index contributed by atoms with van der Waals surface area (Å²) in [5.41, 5.74) is 6.11. The molecule has 0 spiro atoms. The highest BCUT2D eigenvalue weighted by atomic mass is 32.1. The van der Waals surface area contributed by atoms with Gasteiger partial charge in [-0.05, 0) is 19.1 Å². The van der Waals surface area contributed by atoms with Crippen LogP contribution in [0.5, 0.6) is 0 Å². The van der Waals surface area contributed by atoms with Crippen LogP contribution in [-0.4, -0.2) is 41.6 Å². The number of aromatic nitrogens is 2. The zero-order valence-electron chi connectivity index (χ0n) is 12.4. The molecule has 1 atom stereocenters. The Kier molecular flexibility index (Phi) is 4.48. The maximum atomic E-state index is 5.92. The van der Waals surface area contributed by atoms with Gasteiger partial charge in [0.25, 0.3) is 0 Å². The fraction of sp³-hybridized carbons (Fsp3) is 0.467. The molecule has 1 N–H and O–H groups in total. The fourth-order valence-electron chi connectivity index (χ4n) is 2.57. The first kappa shape index (κ1) is 14.4. The average molecular weight is 304 g/mol. The molecule has 0 unspecified atom stereocenters. The van der Waals surface area contributed by atoms with Crippen LogP contribution in [0.2, 0.25) is 0 Å². The minimum Gasteiger partial charge on any atom is -0.388 e. The van der Waals surface area contributed by atoms with Crippen molar-refractivity contribution in [2.45, 2.75) is 19.6 Å². The molecule has 0 aliphatic carbocycles. The number of ether oxygens (including phenoxy) is 1. The highest BCUT2D eigenvalue weighted by molar-refractivity contribution is 7.07. The Hall–Kier alpha value is -1.50. The van der Waals surface area contributed by atoms with Crippen molar-refractivity contribution in [1.82, 2.24) is 14.9 Å². The van der Waals surface area contributed by atoms with Crippen molar-refractivity contribution in [3.63, 3.8) is 0 Å². The smallest absolute Gasteiger partial charge is 0.112 e. The normalized spacial score (nSPS) is 19.6. The lowest BCUT2D eigenvalue weighted by Crippen LogP contribution is -2.38. The fourth-order valence-corrected chi connectivity index (χ4v) is 3.12. The average Bonchev–Trinajstić information content (AvgIpc) is 3.00. The standard InChI is InChI=1S/C15H20N4OS/c1-11-5-12(16-2)6-14(18-11)15-8-19(3-4-20-15)7-13-9-21-10-17-13/h5-6,9-10,15H,3-4,7-8H2,1-2H3,(H,16,18)/t15-/m1/s1. The summed E-state index contributed by atoms with van der Waals surface area (Å²) < 4.78 is 5.92. The largest absolute Gasteiger partial charge is 0.388 e. The van der Waals surface area contributed by atoms with Crippen molar-refractivity contribution in [2.24, 2.45) is 0 Å². The lowest BCUT2D eigenvalue weighted by atomic mass is 10.1. The quantitative estimate of drug-likeness (QED) is 0.940. The van der Waals surface area contributed by atoms with Crippen molar-refractivity contribution in [2.75, 3.05) is 32.1 Å². The van der Waals surface area contributed by atoms with Gasteiger partial charge >= 0.3 is 0 Å². The summed E-state index contributed by atoms with van der Waals surface area (Å²) >= 11 is 1.64. The van der Waals surface area contributed by atoms with E-state index in [-0.39, 0.29) is 6.10 Å². The number of rotatable bonds is 4. The molecule has 0 amide bonds. The highest BCUT2D eigenvalue weighted by Crippen LogP contribution is 2.24. The zero-order chi connectivity index (χ0) is 14.7. The molecule has 1 aliphatic heterocycles. The molecule has 3 heterocycles. The number of anilines is 1. The maximum Gasteiger partial charge on any atom is 0.112 e. The Morgan fingerprint density at radius 3 is 3.14 bits per heavy atom. The van der Waals surface area contributed by atoms with Gasteiger partial charge in [0.05, 0.1) is 23.5 Å². The van der Waals surface area contributed by atoms with Gasteiger partial charge in [0, 0.05) is 43.4 Å². The summed E-state index contributed by atoms with van der Waals surface area (Å²) in [6.07, 6.45) is 0.0318. The number of nitrogens with zero attached hydrogens (tertiary/aromatic N) is 3. The molecule has 0 radical (unpaired) electrons.